The van der Waals surface area contributed by atoms with Crippen LogP contribution in [0.3, 0.4) is 0 Å². The molecule has 0 bridgehead atoms. The number of hydrogen-bond acceptors (Lipinski definition) is 3. The predicted octanol–water partition coefficient (Wildman–Crippen LogP) is 4.78. The van der Waals surface area contributed by atoms with Crippen molar-refractivity contribution in [2.24, 2.45) is 0 Å². The monoisotopic (exact) mass is 408 g/mol. The number of rotatable bonds is 8. The molecule has 0 heterocycles. The van der Waals surface area contributed by atoms with E-state index in [1.54, 1.807) is 6.07 Å². The van der Waals surface area contributed by atoms with Crippen molar-refractivity contribution in [3.63, 3.8) is 0 Å². The molecule has 6 heteroatoms. The molecule has 0 saturated carbocycles. The van der Waals surface area contributed by atoms with Gasteiger partial charge in [-0.05, 0) is 0 Å². The molecule has 1 N–H and O–H groups in total. The van der Waals surface area contributed by atoms with Crippen LogP contribution in [-0.4, -0.2) is 46.6 Å². The minimum atomic E-state index is -2.18. The number of ether oxygens (including phenoxy) is 1. The molecule has 128 valence electrons. The molecule has 3 nitrogen and oxygen atoms in total. The van der Waals surface area contributed by atoms with Gasteiger partial charge in [0, 0.05) is 0 Å². The Kier molecular flexibility index (Phi) is 6.54. The second-order valence-electron chi connectivity index (χ2n) is 7.40. The summed E-state index contributed by atoms with van der Waals surface area (Å²) in [6, 6.07) is 6.47. The fourth-order valence-corrected chi connectivity index (χ4v) is 6.57. The van der Waals surface area contributed by atoms with Gasteiger partial charge >= 0.3 is 144 Å². The van der Waals surface area contributed by atoms with Crippen molar-refractivity contribution in [1.82, 2.24) is 0 Å². The molecular weight excluding hydrogens is 379 g/mol. The Morgan fingerprint density at radius 3 is 2.41 bits per heavy atom. The average molecular weight is 409 g/mol. The van der Waals surface area contributed by atoms with Gasteiger partial charge in [-0.1, -0.05) is 0 Å². The molecule has 0 unspecified atom stereocenters. The number of phenolic OH excluding ortho intramolecular Hbond substituents is 1. The Morgan fingerprint density at radius 1 is 1.23 bits per heavy atom. The van der Waals surface area contributed by atoms with Crippen molar-refractivity contribution < 1.29 is 14.3 Å². The van der Waals surface area contributed by atoms with E-state index in [2.05, 4.69) is 55.5 Å². The fourth-order valence-electron chi connectivity index (χ4n) is 2.36. The van der Waals surface area contributed by atoms with Crippen LogP contribution in [0.15, 0.2) is 18.2 Å². The third kappa shape index (κ3) is 6.57. The van der Waals surface area contributed by atoms with Gasteiger partial charge in [0.1, 0.15) is 0 Å². The van der Waals surface area contributed by atoms with Gasteiger partial charge in [-0.3, -0.25) is 0 Å². The number of hydrogen-bond donors (Lipinski definition) is 1. The van der Waals surface area contributed by atoms with E-state index in [-0.39, 0.29) is 5.75 Å². The third-order valence-corrected chi connectivity index (χ3v) is 9.22. The summed E-state index contributed by atoms with van der Waals surface area (Å²) >= 11 is 3.86. The topological polar surface area (TPSA) is 38.7 Å². The van der Waals surface area contributed by atoms with Crippen molar-refractivity contribution in [3.8, 4) is 11.5 Å². The van der Waals surface area contributed by atoms with E-state index in [0.717, 1.165) is 30.1 Å². The summed E-state index contributed by atoms with van der Waals surface area (Å²) in [5.74, 6) is 1.15. The molecule has 0 fully saturated rings. The standard InChI is InChI=1S/C16H30BrO3PSi/c1-7-20-22(5,6)12-8-11-19-15-10-9-14(18)13-16(15)21(2,3,4)17/h9-10,13,18H,7-8,11-12H2,1-6H3. The van der Waals surface area contributed by atoms with Crippen LogP contribution < -0.4 is 10.0 Å². The van der Waals surface area contributed by atoms with E-state index >= 15 is 0 Å². The van der Waals surface area contributed by atoms with Crippen molar-refractivity contribution in [3.05, 3.63) is 18.2 Å². The molecule has 0 atom stereocenters. The molecule has 0 aliphatic carbocycles. The molecule has 0 aliphatic rings. The Labute approximate surface area is 144 Å². The van der Waals surface area contributed by atoms with Crippen LogP contribution in [0.4, 0.5) is 0 Å². The molecule has 0 spiro atoms. The maximum atomic E-state index is 9.79. The van der Waals surface area contributed by atoms with Crippen LogP contribution >= 0.6 is 20.8 Å². The molecule has 1 rings (SSSR count). The van der Waals surface area contributed by atoms with Crippen molar-refractivity contribution in [2.75, 3.05) is 33.2 Å². The van der Waals surface area contributed by atoms with Gasteiger partial charge in [0.05, 0.1) is 0 Å². The van der Waals surface area contributed by atoms with Crippen LogP contribution in [0.25, 0.3) is 0 Å². The molecular formula is C16H30BrO3PSi. The predicted molar refractivity (Wildman–Crippen MR) is 105 cm³/mol. The van der Waals surface area contributed by atoms with Gasteiger partial charge in [-0.25, -0.2) is 0 Å². The van der Waals surface area contributed by atoms with E-state index in [0.29, 0.717) is 6.61 Å². The SMILES string of the molecule is CCO[Si](C)(C)CCCOc1ccc(O)cc1P(C)(C)(C)Br. The van der Waals surface area contributed by atoms with Gasteiger partial charge < -0.3 is 0 Å². The normalized spacial score (nSPS) is 14.4. The number of halogens is 1. The zero-order chi connectivity index (χ0) is 17.0. The van der Waals surface area contributed by atoms with Gasteiger partial charge in [-0.2, -0.15) is 0 Å². The Hall–Kier alpha value is -0.0931. The van der Waals surface area contributed by atoms with E-state index < -0.39 is 13.6 Å². The average Bonchev–Trinajstić information content (AvgIpc) is 2.34. The van der Waals surface area contributed by atoms with Crippen LogP contribution in [0.1, 0.15) is 13.3 Å². The van der Waals surface area contributed by atoms with E-state index in [1.165, 1.54) is 0 Å². The Morgan fingerprint density at radius 2 is 1.86 bits per heavy atom. The summed E-state index contributed by atoms with van der Waals surface area (Å²) in [5.41, 5.74) is 0. The van der Waals surface area contributed by atoms with Gasteiger partial charge in [0.15, 0.2) is 0 Å². The summed E-state index contributed by atoms with van der Waals surface area (Å²) < 4.78 is 11.9. The zero-order valence-corrected chi connectivity index (χ0v) is 18.1. The van der Waals surface area contributed by atoms with Gasteiger partial charge in [-0.15, -0.1) is 0 Å². The first kappa shape index (κ1) is 20.0. The first-order valence-corrected chi connectivity index (χ1v) is 16.5. The third-order valence-electron chi connectivity index (χ3n) is 3.47. The Balaban J connectivity index is 2.72. The van der Waals surface area contributed by atoms with E-state index in [9.17, 15) is 5.11 Å². The molecule has 0 saturated heterocycles. The maximum absolute atomic E-state index is 9.79. The van der Waals surface area contributed by atoms with Crippen LogP contribution in [-0.2, 0) is 4.43 Å². The van der Waals surface area contributed by atoms with Gasteiger partial charge in [0.2, 0.25) is 0 Å². The Bertz CT molecular complexity index is 503. The molecule has 1 aromatic rings. The molecule has 1 aromatic carbocycles. The second-order valence-corrected chi connectivity index (χ2v) is 24.8. The van der Waals surface area contributed by atoms with Crippen molar-refractivity contribution >= 4 is 34.4 Å². The van der Waals surface area contributed by atoms with Crippen LogP contribution in [0.5, 0.6) is 11.5 Å². The zero-order valence-electron chi connectivity index (χ0n) is 14.6. The van der Waals surface area contributed by atoms with Crippen molar-refractivity contribution in [2.45, 2.75) is 32.5 Å². The molecule has 0 aromatic heterocycles. The minimum absolute atomic E-state index is 0.284. The first-order valence-electron chi connectivity index (χ1n) is 7.74. The van der Waals surface area contributed by atoms with Crippen LogP contribution in [0.2, 0.25) is 19.1 Å². The molecule has 22 heavy (non-hydrogen) atoms. The fraction of sp³-hybridized carbons (Fsp3) is 0.625. The quantitative estimate of drug-likeness (QED) is 0.382. The summed E-state index contributed by atoms with van der Waals surface area (Å²) in [7, 11) is -1.54. The number of phenols is 1. The van der Waals surface area contributed by atoms with E-state index in [4.69, 9.17) is 9.16 Å². The van der Waals surface area contributed by atoms with Crippen molar-refractivity contribution in [1.29, 1.82) is 0 Å². The second kappa shape index (κ2) is 7.21. The number of aromatic hydroxyl groups is 1. The summed E-state index contributed by atoms with van der Waals surface area (Å²) in [4.78, 5) is 0. The first-order chi connectivity index (χ1) is 9.91. The van der Waals surface area contributed by atoms with Crippen LogP contribution in [0, 0.1) is 0 Å². The summed E-state index contributed by atoms with van der Waals surface area (Å²) in [6.07, 6.45) is 0.995. The summed E-state index contributed by atoms with van der Waals surface area (Å²) in [5, 5.41) is 8.68. The number of benzene rings is 1. The van der Waals surface area contributed by atoms with Gasteiger partial charge in [0.25, 0.3) is 0 Å². The molecule has 0 aliphatic heterocycles. The molecule has 0 radical (unpaired) electrons. The molecule has 0 amide bonds. The summed E-state index contributed by atoms with van der Waals surface area (Å²) in [6.45, 7) is 14.6. The van der Waals surface area contributed by atoms with E-state index in [1.807, 2.05) is 12.1 Å².